The summed E-state index contributed by atoms with van der Waals surface area (Å²) in [4.78, 5) is 3.38. The summed E-state index contributed by atoms with van der Waals surface area (Å²) in [5, 5.41) is 1.26. The van der Waals surface area contributed by atoms with Crippen molar-refractivity contribution in [2.45, 2.75) is 13.0 Å². The highest BCUT2D eigenvalue weighted by Gasteiger charge is 2.14. The van der Waals surface area contributed by atoms with Gasteiger partial charge in [-0.3, -0.25) is 0 Å². The van der Waals surface area contributed by atoms with Crippen molar-refractivity contribution in [3.05, 3.63) is 35.5 Å². The quantitative estimate of drug-likeness (QED) is 0.835. The van der Waals surface area contributed by atoms with E-state index in [0.717, 1.165) is 5.75 Å². The Morgan fingerprint density at radius 3 is 2.87 bits per heavy atom. The third kappa shape index (κ3) is 1.90. The van der Waals surface area contributed by atoms with E-state index in [2.05, 4.69) is 36.4 Å². The Morgan fingerprint density at radius 2 is 2.13 bits per heavy atom. The number of para-hydroxylation sites is 1. The molecule has 0 spiro atoms. The molecule has 0 aliphatic rings. The SMILES string of the molecule is CSCC(N)c1c(C)[nH]c2ccccc12. The van der Waals surface area contributed by atoms with Crippen LogP contribution in [0.5, 0.6) is 0 Å². The summed E-state index contributed by atoms with van der Waals surface area (Å²) in [7, 11) is 0. The van der Waals surface area contributed by atoms with Gasteiger partial charge in [-0.25, -0.2) is 0 Å². The molecule has 0 aliphatic carbocycles. The van der Waals surface area contributed by atoms with Gasteiger partial charge in [0.15, 0.2) is 0 Å². The third-order valence-corrected chi connectivity index (χ3v) is 3.35. The molecule has 0 aliphatic heterocycles. The van der Waals surface area contributed by atoms with Crippen molar-refractivity contribution in [1.29, 1.82) is 0 Å². The van der Waals surface area contributed by atoms with Crippen molar-refractivity contribution >= 4 is 22.7 Å². The predicted octanol–water partition coefficient (Wildman–Crippen LogP) is 2.84. The lowest BCUT2D eigenvalue weighted by Gasteiger charge is -2.10. The lowest BCUT2D eigenvalue weighted by atomic mass is 10.1. The van der Waals surface area contributed by atoms with E-state index in [-0.39, 0.29) is 6.04 Å². The molecule has 0 bridgehead atoms. The summed E-state index contributed by atoms with van der Waals surface area (Å²) in [6.07, 6.45) is 2.09. The molecule has 3 heteroatoms. The smallest absolute Gasteiger partial charge is 0.0459 e. The second kappa shape index (κ2) is 4.29. The Labute approximate surface area is 94.2 Å². The molecule has 0 saturated carbocycles. The lowest BCUT2D eigenvalue weighted by Crippen LogP contribution is -2.13. The van der Waals surface area contributed by atoms with E-state index in [1.807, 2.05) is 6.07 Å². The predicted molar refractivity (Wildman–Crippen MR) is 68.3 cm³/mol. The molecule has 2 nitrogen and oxygen atoms in total. The number of thioether (sulfide) groups is 1. The minimum absolute atomic E-state index is 0.121. The maximum absolute atomic E-state index is 6.18. The maximum Gasteiger partial charge on any atom is 0.0459 e. The number of rotatable bonds is 3. The van der Waals surface area contributed by atoms with Crippen LogP contribution in [0.2, 0.25) is 0 Å². The summed E-state index contributed by atoms with van der Waals surface area (Å²) in [6, 6.07) is 8.45. The molecule has 2 aromatic rings. The highest BCUT2D eigenvalue weighted by molar-refractivity contribution is 7.98. The Bertz CT molecular complexity index is 462. The number of aromatic nitrogens is 1. The van der Waals surface area contributed by atoms with Crippen LogP contribution < -0.4 is 5.73 Å². The van der Waals surface area contributed by atoms with Crippen LogP contribution in [0.3, 0.4) is 0 Å². The molecular weight excluding hydrogens is 204 g/mol. The van der Waals surface area contributed by atoms with Gasteiger partial charge in [0.25, 0.3) is 0 Å². The summed E-state index contributed by atoms with van der Waals surface area (Å²) in [6.45, 7) is 2.09. The Balaban J connectivity index is 2.53. The normalized spacial score (nSPS) is 13.3. The molecule has 0 radical (unpaired) electrons. The van der Waals surface area contributed by atoms with Gasteiger partial charge in [0.2, 0.25) is 0 Å². The summed E-state index contributed by atoms with van der Waals surface area (Å²) < 4.78 is 0. The van der Waals surface area contributed by atoms with E-state index in [9.17, 15) is 0 Å². The van der Waals surface area contributed by atoms with Crippen LogP contribution in [-0.2, 0) is 0 Å². The number of H-pyrrole nitrogens is 1. The molecule has 1 aromatic carbocycles. The molecule has 15 heavy (non-hydrogen) atoms. The first kappa shape index (κ1) is 10.6. The Morgan fingerprint density at radius 1 is 1.40 bits per heavy atom. The maximum atomic E-state index is 6.18. The molecule has 0 fully saturated rings. The summed E-state index contributed by atoms with van der Waals surface area (Å²) >= 11 is 1.79. The zero-order valence-electron chi connectivity index (χ0n) is 9.08. The van der Waals surface area contributed by atoms with Gasteiger partial charge in [-0.15, -0.1) is 0 Å². The van der Waals surface area contributed by atoms with Crippen LogP contribution in [0.1, 0.15) is 17.3 Å². The first-order valence-corrected chi connectivity index (χ1v) is 6.45. The van der Waals surface area contributed by atoms with Gasteiger partial charge in [0.1, 0.15) is 0 Å². The van der Waals surface area contributed by atoms with E-state index >= 15 is 0 Å². The van der Waals surface area contributed by atoms with Gasteiger partial charge in [-0.1, -0.05) is 18.2 Å². The van der Waals surface area contributed by atoms with E-state index in [1.165, 1.54) is 22.2 Å². The Hall–Kier alpha value is -0.930. The zero-order chi connectivity index (χ0) is 10.8. The van der Waals surface area contributed by atoms with Crippen LogP contribution in [-0.4, -0.2) is 17.0 Å². The summed E-state index contributed by atoms with van der Waals surface area (Å²) in [5.41, 5.74) is 9.81. The van der Waals surface area contributed by atoms with E-state index in [4.69, 9.17) is 5.73 Å². The molecule has 0 amide bonds. The average molecular weight is 220 g/mol. The van der Waals surface area contributed by atoms with Gasteiger partial charge >= 0.3 is 0 Å². The molecular formula is C12H16N2S. The van der Waals surface area contributed by atoms with Crippen LogP contribution in [0.15, 0.2) is 24.3 Å². The highest BCUT2D eigenvalue weighted by Crippen LogP contribution is 2.27. The number of fused-ring (bicyclic) bond motifs is 1. The first-order valence-electron chi connectivity index (χ1n) is 5.05. The molecule has 2 rings (SSSR count). The topological polar surface area (TPSA) is 41.8 Å². The number of aryl methyl sites for hydroxylation is 1. The fourth-order valence-corrected chi connectivity index (χ4v) is 2.56. The van der Waals surface area contributed by atoms with Gasteiger partial charge in [0.05, 0.1) is 0 Å². The first-order chi connectivity index (χ1) is 7.24. The fraction of sp³-hybridized carbons (Fsp3) is 0.333. The van der Waals surface area contributed by atoms with Crippen LogP contribution in [0.4, 0.5) is 0 Å². The number of nitrogens with one attached hydrogen (secondary N) is 1. The van der Waals surface area contributed by atoms with E-state index in [1.54, 1.807) is 11.8 Å². The number of hydrogen-bond donors (Lipinski definition) is 2. The lowest BCUT2D eigenvalue weighted by molar-refractivity contribution is 0.830. The van der Waals surface area contributed by atoms with Crippen molar-refractivity contribution in [3.8, 4) is 0 Å². The fourth-order valence-electron chi connectivity index (χ4n) is 2.04. The third-order valence-electron chi connectivity index (χ3n) is 2.66. The standard InChI is InChI=1S/C12H16N2S/c1-8-12(10(13)7-15-2)9-5-3-4-6-11(9)14-8/h3-6,10,14H,7,13H2,1-2H3. The molecule has 1 heterocycles. The van der Waals surface area contributed by atoms with Crippen LogP contribution >= 0.6 is 11.8 Å². The number of nitrogens with two attached hydrogens (primary N) is 1. The Kier molecular flexibility index (Phi) is 3.03. The molecule has 1 atom stereocenters. The van der Waals surface area contributed by atoms with Crippen LogP contribution in [0.25, 0.3) is 10.9 Å². The number of benzene rings is 1. The molecule has 80 valence electrons. The molecule has 0 saturated heterocycles. The van der Waals surface area contributed by atoms with Crippen molar-refractivity contribution in [2.24, 2.45) is 5.73 Å². The monoisotopic (exact) mass is 220 g/mol. The van der Waals surface area contributed by atoms with Crippen LogP contribution in [0, 0.1) is 6.92 Å². The largest absolute Gasteiger partial charge is 0.358 e. The average Bonchev–Trinajstić information content (AvgIpc) is 2.54. The zero-order valence-corrected chi connectivity index (χ0v) is 9.90. The second-order valence-corrected chi connectivity index (χ2v) is 4.68. The van der Waals surface area contributed by atoms with E-state index in [0.29, 0.717) is 0 Å². The van der Waals surface area contributed by atoms with Crippen molar-refractivity contribution < 1.29 is 0 Å². The van der Waals surface area contributed by atoms with Gasteiger partial charge in [-0.2, -0.15) is 11.8 Å². The summed E-state index contributed by atoms with van der Waals surface area (Å²) in [5.74, 6) is 0.961. The van der Waals surface area contributed by atoms with Gasteiger partial charge < -0.3 is 10.7 Å². The van der Waals surface area contributed by atoms with Crippen molar-refractivity contribution in [1.82, 2.24) is 4.98 Å². The van der Waals surface area contributed by atoms with Gasteiger partial charge in [0, 0.05) is 28.4 Å². The minimum Gasteiger partial charge on any atom is -0.358 e. The van der Waals surface area contributed by atoms with Crippen molar-refractivity contribution in [3.63, 3.8) is 0 Å². The number of aromatic amines is 1. The van der Waals surface area contributed by atoms with E-state index < -0.39 is 0 Å². The van der Waals surface area contributed by atoms with Gasteiger partial charge in [-0.05, 0) is 24.8 Å². The second-order valence-electron chi connectivity index (χ2n) is 3.77. The minimum atomic E-state index is 0.121. The molecule has 1 aromatic heterocycles. The molecule has 1 unspecified atom stereocenters. The number of hydrogen-bond acceptors (Lipinski definition) is 2. The molecule has 3 N–H and O–H groups in total. The highest BCUT2D eigenvalue weighted by atomic mass is 32.2. The van der Waals surface area contributed by atoms with Crippen molar-refractivity contribution in [2.75, 3.05) is 12.0 Å².